The number of hydrogen-bond donors (Lipinski definition) is 3. The van der Waals surface area contributed by atoms with Crippen LogP contribution in [0, 0.1) is 0 Å². The maximum atomic E-state index is 12.5. The van der Waals surface area contributed by atoms with Gasteiger partial charge in [0.2, 0.25) is 0 Å². The molecule has 3 heterocycles. The number of nitrogens with one attached hydrogen (secondary N) is 1. The van der Waals surface area contributed by atoms with Crippen LogP contribution in [0.4, 0.5) is 5.82 Å². The van der Waals surface area contributed by atoms with Crippen LogP contribution in [0.1, 0.15) is 36.7 Å². The number of carbonyl (C=O) groups excluding carboxylic acids is 1. The number of hydrogen-bond acceptors (Lipinski definition) is 7. The number of aromatic nitrogens is 4. The van der Waals surface area contributed by atoms with Crippen molar-refractivity contribution in [1.29, 1.82) is 0 Å². The van der Waals surface area contributed by atoms with Gasteiger partial charge in [0.1, 0.15) is 5.65 Å². The van der Waals surface area contributed by atoms with Gasteiger partial charge in [-0.1, -0.05) is 32.9 Å². The quantitative estimate of drug-likeness (QED) is 0.323. The summed E-state index contributed by atoms with van der Waals surface area (Å²) in [7, 11) is -7.33. The topological polar surface area (TPSA) is 173 Å². The van der Waals surface area contributed by atoms with Gasteiger partial charge in [0.25, 0.3) is 26.1 Å². The molecule has 0 spiro atoms. The van der Waals surface area contributed by atoms with Gasteiger partial charge in [0, 0.05) is 24.2 Å². The summed E-state index contributed by atoms with van der Waals surface area (Å²) >= 11 is 0. The molecule has 4 rings (SSSR count). The van der Waals surface area contributed by atoms with E-state index in [1.165, 1.54) is 5.56 Å². The van der Waals surface area contributed by atoms with Gasteiger partial charge in [0.05, 0.1) is 30.7 Å². The summed E-state index contributed by atoms with van der Waals surface area (Å²) in [6.07, 6.45) is 10.5. The van der Waals surface area contributed by atoms with E-state index in [0.717, 1.165) is 11.3 Å². The summed E-state index contributed by atoms with van der Waals surface area (Å²) in [5, 5.41) is 2.87. The average Bonchev–Trinajstić information content (AvgIpc) is 3.40. The first-order valence-electron chi connectivity index (χ1n) is 10.6. The molecule has 1 amide bonds. The van der Waals surface area contributed by atoms with Gasteiger partial charge >= 0.3 is 0 Å². The lowest BCUT2D eigenvalue weighted by Gasteiger charge is -2.18. The maximum absolute atomic E-state index is 12.5. The monoisotopic (exact) mass is 551 g/mol. The third-order valence-electron chi connectivity index (χ3n) is 4.49. The maximum Gasteiger partial charge on any atom is 0.261 e. The Morgan fingerprint density at radius 3 is 1.97 bits per heavy atom. The molecule has 200 valence electrons. The van der Waals surface area contributed by atoms with Crippen LogP contribution in [-0.2, 0) is 25.7 Å². The highest BCUT2D eigenvalue weighted by Gasteiger charge is 2.15. The van der Waals surface area contributed by atoms with Crippen LogP contribution in [0.5, 0.6) is 0 Å². The fourth-order valence-corrected chi connectivity index (χ4v) is 2.91. The number of pyridine rings is 1. The van der Waals surface area contributed by atoms with Gasteiger partial charge in [-0.15, -0.1) is 0 Å². The highest BCUT2D eigenvalue weighted by molar-refractivity contribution is 7.85. The predicted octanol–water partition coefficient (Wildman–Crippen LogP) is 3.08. The van der Waals surface area contributed by atoms with Gasteiger partial charge in [-0.25, -0.2) is 9.97 Å². The van der Waals surface area contributed by atoms with Gasteiger partial charge in [-0.3, -0.25) is 13.9 Å². The Morgan fingerprint density at radius 2 is 1.49 bits per heavy atom. The van der Waals surface area contributed by atoms with Crippen LogP contribution in [0.15, 0.2) is 67.5 Å². The molecule has 37 heavy (non-hydrogen) atoms. The molecule has 14 heteroatoms. The summed E-state index contributed by atoms with van der Waals surface area (Å²) in [5.41, 5.74) is 3.59. The largest absolute Gasteiger partial charge is 0.305 e. The average molecular weight is 552 g/mol. The fraction of sp³-hybridized carbons (Fsp3) is 0.261. The van der Waals surface area contributed by atoms with E-state index < -0.39 is 20.2 Å². The normalized spacial score (nSPS) is 11.6. The van der Waals surface area contributed by atoms with E-state index in [-0.39, 0.29) is 11.3 Å². The summed E-state index contributed by atoms with van der Waals surface area (Å²) in [4.78, 5) is 21.1. The zero-order chi connectivity index (χ0) is 28.0. The standard InChI is InChI=1S/C21H21N5O.2CH4O3S/c1-21(2,3)16-6-4-15(5-7-16)20(27)24-18-13-26-12-17(8-9-19(26)23-18)25-11-10-22-14-25;2*1-5(2,3)4/h4-14H,1-3H3,(H,24,27);2*1H3,(H,2,3,4). The van der Waals surface area contributed by atoms with E-state index in [9.17, 15) is 21.6 Å². The van der Waals surface area contributed by atoms with E-state index in [2.05, 4.69) is 36.1 Å². The van der Waals surface area contributed by atoms with Crippen LogP contribution in [0.2, 0.25) is 0 Å². The number of imidazole rings is 2. The predicted molar refractivity (Wildman–Crippen MR) is 140 cm³/mol. The second kappa shape index (κ2) is 11.6. The van der Waals surface area contributed by atoms with Crippen molar-refractivity contribution in [3.8, 4) is 5.69 Å². The zero-order valence-electron chi connectivity index (χ0n) is 20.9. The van der Waals surface area contributed by atoms with Crippen molar-refractivity contribution in [3.63, 3.8) is 0 Å². The van der Waals surface area contributed by atoms with E-state index in [4.69, 9.17) is 9.11 Å². The Morgan fingerprint density at radius 1 is 0.919 bits per heavy atom. The number of carbonyl (C=O) groups is 1. The highest BCUT2D eigenvalue weighted by atomic mass is 32.2. The number of benzene rings is 1. The van der Waals surface area contributed by atoms with Crippen LogP contribution < -0.4 is 5.32 Å². The molecule has 0 aliphatic rings. The van der Waals surface area contributed by atoms with Crippen LogP contribution in [-0.4, -0.2) is 63.3 Å². The molecule has 0 saturated heterocycles. The molecule has 0 saturated carbocycles. The smallest absolute Gasteiger partial charge is 0.261 e. The van der Waals surface area contributed by atoms with E-state index >= 15 is 0 Å². The Hall–Kier alpha value is -3.59. The summed E-state index contributed by atoms with van der Waals surface area (Å²) in [6.45, 7) is 6.45. The minimum Gasteiger partial charge on any atom is -0.305 e. The van der Waals surface area contributed by atoms with Crippen LogP contribution >= 0.6 is 0 Å². The Kier molecular flexibility index (Phi) is 9.33. The molecule has 0 radical (unpaired) electrons. The van der Waals surface area contributed by atoms with Crippen molar-refractivity contribution < 1.29 is 30.7 Å². The first-order chi connectivity index (χ1) is 16.9. The number of nitrogens with zero attached hydrogens (tertiary/aromatic N) is 4. The molecule has 0 aliphatic heterocycles. The van der Waals surface area contributed by atoms with Crippen molar-refractivity contribution in [2.75, 3.05) is 17.8 Å². The Bertz CT molecular complexity index is 1510. The first kappa shape index (κ1) is 29.6. The number of fused-ring (bicyclic) bond motifs is 1. The molecular formula is C23H29N5O7S2. The lowest BCUT2D eigenvalue weighted by molar-refractivity contribution is 0.102. The fourth-order valence-electron chi connectivity index (χ4n) is 2.91. The SMILES string of the molecule is CC(C)(C)c1ccc(C(=O)Nc2cn3cc(-n4ccnc4)ccc3n2)cc1.CS(=O)(=O)O.CS(=O)(=O)O. The highest BCUT2D eigenvalue weighted by Crippen LogP contribution is 2.22. The van der Waals surface area contributed by atoms with Gasteiger partial charge in [0.15, 0.2) is 5.82 Å². The van der Waals surface area contributed by atoms with Crippen molar-refractivity contribution in [1.82, 2.24) is 18.9 Å². The lowest BCUT2D eigenvalue weighted by atomic mass is 9.87. The molecule has 0 fully saturated rings. The second-order valence-corrected chi connectivity index (χ2v) is 11.9. The minimum absolute atomic E-state index is 0.0591. The second-order valence-electron chi connectivity index (χ2n) is 9.00. The van der Waals surface area contributed by atoms with E-state index in [1.807, 2.05) is 57.8 Å². The van der Waals surface area contributed by atoms with Crippen LogP contribution in [0.3, 0.4) is 0 Å². The summed E-state index contributed by atoms with van der Waals surface area (Å²) in [6, 6.07) is 11.6. The summed E-state index contributed by atoms with van der Waals surface area (Å²) < 4.78 is 55.5. The minimum atomic E-state index is -3.67. The summed E-state index contributed by atoms with van der Waals surface area (Å²) in [5.74, 6) is 0.344. The number of rotatable bonds is 3. The zero-order valence-corrected chi connectivity index (χ0v) is 22.5. The van der Waals surface area contributed by atoms with Crippen molar-refractivity contribution in [2.24, 2.45) is 0 Å². The molecule has 4 aromatic rings. The Labute approximate surface area is 215 Å². The van der Waals surface area contributed by atoms with Gasteiger partial charge < -0.3 is 14.3 Å². The molecule has 12 nitrogen and oxygen atoms in total. The molecule has 0 aliphatic carbocycles. The van der Waals surface area contributed by atoms with Gasteiger partial charge in [-0.2, -0.15) is 16.8 Å². The molecule has 1 aromatic carbocycles. The van der Waals surface area contributed by atoms with Crippen molar-refractivity contribution in [3.05, 3.63) is 78.6 Å². The van der Waals surface area contributed by atoms with Crippen molar-refractivity contribution >= 4 is 37.6 Å². The van der Waals surface area contributed by atoms with E-state index in [1.54, 1.807) is 18.7 Å². The first-order valence-corrected chi connectivity index (χ1v) is 14.3. The lowest BCUT2D eigenvalue weighted by Crippen LogP contribution is -2.14. The molecule has 0 unspecified atom stereocenters. The number of anilines is 1. The third-order valence-corrected chi connectivity index (χ3v) is 4.49. The van der Waals surface area contributed by atoms with Gasteiger partial charge in [-0.05, 0) is 35.2 Å². The molecule has 3 N–H and O–H groups in total. The number of amides is 1. The third kappa shape index (κ3) is 10.9. The van der Waals surface area contributed by atoms with E-state index in [0.29, 0.717) is 23.9 Å². The molecule has 0 bridgehead atoms. The molecule has 3 aromatic heterocycles. The molecular weight excluding hydrogens is 522 g/mol. The molecule has 0 atom stereocenters. The Balaban J connectivity index is 0.000000412. The van der Waals surface area contributed by atoms with Crippen molar-refractivity contribution in [2.45, 2.75) is 26.2 Å². The van der Waals surface area contributed by atoms with Crippen LogP contribution in [0.25, 0.3) is 11.3 Å².